The minimum Gasteiger partial charge on any atom is -0.366 e. The first-order valence-corrected chi connectivity index (χ1v) is 26.3. The average molecular weight is 784 g/mol. The lowest BCUT2D eigenvalue weighted by atomic mass is 9.93. The maximum atomic E-state index is 11.1. The number of rotatable bonds is 49. The first kappa shape index (κ1) is 55.0. The molecular formula is C54H105NO. The number of hydrogen-bond donors (Lipinski definition) is 1. The summed E-state index contributed by atoms with van der Waals surface area (Å²) in [6.07, 6.45) is 73.7. The number of carbonyl (C=O) groups is 1. The zero-order valence-corrected chi connectivity index (χ0v) is 38.9. The van der Waals surface area contributed by atoms with Gasteiger partial charge in [0.1, 0.15) is 0 Å². The molecule has 0 saturated heterocycles. The van der Waals surface area contributed by atoms with E-state index in [9.17, 15) is 4.79 Å². The predicted molar refractivity (Wildman–Crippen MR) is 255 cm³/mol. The van der Waals surface area contributed by atoms with Gasteiger partial charge in [0.2, 0.25) is 5.91 Å². The van der Waals surface area contributed by atoms with Crippen LogP contribution in [0, 0.1) is 5.92 Å². The molecule has 56 heavy (non-hydrogen) atoms. The minimum atomic E-state index is -0.357. The molecule has 1 atom stereocenters. The van der Waals surface area contributed by atoms with Crippen LogP contribution in [-0.2, 0) is 4.79 Å². The van der Waals surface area contributed by atoms with Gasteiger partial charge < -0.3 is 5.73 Å². The third-order valence-corrected chi connectivity index (χ3v) is 12.6. The van der Waals surface area contributed by atoms with E-state index in [4.69, 9.17) is 5.73 Å². The van der Waals surface area contributed by atoms with Gasteiger partial charge in [-0.05, 0) is 18.8 Å². The van der Waals surface area contributed by atoms with E-state index < -0.39 is 0 Å². The summed E-state index contributed by atoms with van der Waals surface area (Å²) in [4.78, 5) is 11.1. The molecule has 1 unspecified atom stereocenters. The lowest BCUT2D eigenvalue weighted by Crippen LogP contribution is -2.05. The number of primary amides is 1. The molecule has 0 aromatic carbocycles. The molecule has 0 fully saturated rings. The van der Waals surface area contributed by atoms with Crippen LogP contribution in [0.2, 0.25) is 0 Å². The van der Waals surface area contributed by atoms with E-state index in [1.165, 1.54) is 301 Å². The number of unbranched alkanes of at least 4 members (excludes halogenated alkanes) is 42. The lowest BCUT2D eigenvalue weighted by Gasteiger charge is -2.13. The molecule has 0 heterocycles. The Bertz CT molecular complexity index is 785. The molecule has 0 aromatic rings. The fraction of sp³-hybridized carbons (Fsp3) is 0.907. The van der Waals surface area contributed by atoms with Gasteiger partial charge in [0.25, 0.3) is 0 Å². The first-order valence-electron chi connectivity index (χ1n) is 26.3. The molecule has 332 valence electrons. The number of hydrogen-bond acceptors (Lipinski definition) is 1. The third kappa shape index (κ3) is 49.1. The van der Waals surface area contributed by atoms with Crippen LogP contribution in [0.5, 0.6) is 0 Å². The van der Waals surface area contributed by atoms with Gasteiger partial charge in [-0.3, -0.25) is 4.79 Å². The quantitative estimate of drug-likeness (QED) is 0.0373. The van der Waals surface area contributed by atoms with Crippen molar-refractivity contribution in [2.24, 2.45) is 11.7 Å². The van der Waals surface area contributed by atoms with Gasteiger partial charge in [-0.1, -0.05) is 315 Å². The molecule has 2 heteroatoms. The van der Waals surface area contributed by atoms with E-state index in [0.29, 0.717) is 5.92 Å². The largest absolute Gasteiger partial charge is 0.366 e. The van der Waals surface area contributed by atoms with E-state index in [2.05, 4.69) is 26.0 Å². The molecule has 0 aliphatic rings. The number of nitrogens with two attached hydrogens (primary N) is 1. The monoisotopic (exact) mass is 784 g/mol. The number of amides is 1. The van der Waals surface area contributed by atoms with Crippen LogP contribution in [0.1, 0.15) is 309 Å². The molecule has 0 saturated carbocycles. The summed E-state index contributed by atoms with van der Waals surface area (Å²) in [6, 6.07) is 0. The fourth-order valence-electron chi connectivity index (χ4n) is 8.74. The smallest absolute Gasteiger partial charge is 0.241 e. The summed E-state index contributed by atoms with van der Waals surface area (Å²) in [6.45, 7) is 4.61. The molecule has 0 radical (unpaired) electrons. The number of allylic oxidation sites excluding steroid dienone is 3. The van der Waals surface area contributed by atoms with Crippen LogP contribution >= 0.6 is 0 Å². The topological polar surface area (TPSA) is 43.1 Å². The van der Waals surface area contributed by atoms with Crippen LogP contribution in [0.4, 0.5) is 0 Å². The van der Waals surface area contributed by atoms with Gasteiger partial charge >= 0.3 is 0 Å². The van der Waals surface area contributed by atoms with E-state index in [-0.39, 0.29) is 5.91 Å². The van der Waals surface area contributed by atoms with E-state index in [0.717, 1.165) is 0 Å². The molecule has 0 spiro atoms. The zero-order chi connectivity index (χ0) is 40.5. The maximum Gasteiger partial charge on any atom is 0.241 e. The maximum absolute atomic E-state index is 11.1. The predicted octanol–water partition coefficient (Wildman–Crippen LogP) is 19.2. The summed E-state index contributed by atoms with van der Waals surface area (Å²) >= 11 is 0. The second-order valence-electron chi connectivity index (χ2n) is 18.3. The SMILES string of the molecule is CCCCCCCCCCCCCCCCCCCCCCCCCCCCCCC(C=CC=CC(N)=O)CCCCCCCCCCCCCCCCCC. The van der Waals surface area contributed by atoms with Gasteiger partial charge in [-0.25, -0.2) is 0 Å². The normalized spacial score (nSPS) is 12.5. The van der Waals surface area contributed by atoms with Crippen molar-refractivity contribution in [3.05, 3.63) is 24.3 Å². The Balaban J connectivity index is 3.58. The van der Waals surface area contributed by atoms with Crippen LogP contribution in [-0.4, -0.2) is 5.91 Å². The molecule has 0 bridgehead atoms. The van der Waals surface area contributed by atoms with Gasteiger partial charge in [-0.2, -0.15) is 0 Å². The lowest BCUT2D eigenvalue weighted by molar-refractivity contribution is -0.113. The second kappa shape index (κ2) is 50.1. The van der Waals surface area contributed by atoms with E-state index in [1.54, 1.807) is 0 Å². The van der Waals surface area contributed by atoms with Crippen LogP contribution in [0.15, 0.2) is 24.3 Å². The highest BCUT2D eigenvalue weighted by Crippen LogP contribution is 2.22. The molecule has 1 amide bonds. The number of carbonyl (C=O) groups excluding carboxylic acids is 1. The van der Waals surface area contributed by atoms with Crippen LogP contribution in [0.25, 0.3) is 0 Å². The Morgan fingerprint density at radius 2 is 0.518 bits per heavy atom. The Hall–Kier alpha value is -1.05. The highest BCUT2D eigenvalue weighted by Gasteiger charge is 2.05. The van der Waals surface area contributed by atoms with Crippen molar-refractivity contribution in [1.29, 1.82) is 0 Å². The third-order valence-electron chi connectivity index (χ3n) is 12.6. The second-order valence-corrected chi connectivity index (χ2v) is 18.3. The van der Waals surface area contributed by atoms with Crippen molar-refractivity contribution < 1.29 is 4.79 Å². The van der Waals surface area contributed by atoms with E-state index >= 15 is 0 Å². The van der Waals surface area contributed by atoms with Crippen molar-refractivity contribution in [3.8, 4) is 0 Å². The summed E-state index contributed by atoms with van der Waals surface area (Å²) in [5.74, 6) is 0.285. The summed E-state index contributed by atoms with van der Waals surface area (Å²) in [5, 5.41) is 0. The van der Waals surface area contributed by atoms with Crippen molar-refractivity contribution >= 4 is 5.91 Å². The Kier molecular flexibility index (Phi) is 49.2. The molecule has 0 rings (SSSR count). The fourth-order valence-corrected chi connectivity index (χ4v) is 8.74. The molecular weight excluding hydrogens is 679 g/mol. The van der Waals surface area contributed by atoms with Gasteiger partial charge in [-0.15, -0.1) is 0 Å². The molecule has 0 aliphatic carbocycles. The van der Waals surface area contributed by atoms with Gasteiger partial charge in [0, 0.05) is 6.08 Å². The Morgan fingerprint density at radius 3 is 0.714 bits per heavy atom. The summed E-state index contributed by atoms with van der Waals surface area (Å²) in [7, 11) is 0. The van der Waals surface area contributed by atoms with Crippen molar-refractivity contribution in [3.63, 3.8) is 0 Å². The highest BCUT2D eigenvalue weighted by molar-refractivity contribution is 5.85. The Morgan fingerprint density at radius 1 is 0.321 bits per heavy atom. The van der Waals surface area contributed by atoms with Crippen molar-refractivity contribution in [2.45, 2.75) is 309 Å². The Labute approximate surface area is 354 Å². The molecule has 0 aliphatic heterocycles. The summed E-state index contributed by atoms with van der Waals surface area (Å²) < 4.78 is 0. The van der Waals surface area contributed by atoms with Gasteiger partial charge in [0.05, 0.1) is 0 Å². The zero-order valence-electron chi connectivity index (χ0n) is 38.9. The molecule has 0 aromatic heterocycles. The standard InChI is InChI=1S/C54H105NO/c1-3-5-7-9-11-13-15-17-19-21-22-23-24-25-26-27-28-29-30-31-32-34-36-38-40-42-44-46-50-53(51-47-48-52-54(55)56)49-45-43-41-39-37-35-33-20-18-16-14-12-10-8-6-4-2/h47-48,51-53H,3-46,49-50H2,1-2H3,(H2,55,56). The van der Waals surface area contributed by atoms with Crippen LogP contribution < -0.4 is 5.73 Å². The molecule has 2 nitrogen and oxygen atoms in total. The summed E-state index contributed by atoms with van der Waals surface area (Å²) in [5.41, 5.74) is 5.29. The van der Waals surface area contributed by atoms with Crippen molar-refractivity contribution in [2.75, 3.05) is 0 Å². The molecule has 2 N–H and O–H groups in total. The minimum absolute atomic E-state index is 0.357. The van der Waals surface area contributed by atoms with E-state index in [1.807, 2.05) is 6.08 Å². The van der Waals surface area contributed by atoms with Crippen molar-refractivity contribution in [1.82, 2.24) is 0 Å². The van der Waals surface area contributed by atoms with Crippen LogP contribution in [0.3, 0.4) is 0 Å². The first-order chi connectivity index (χ1) is 27.7. The van der Waals surface area contributed by atoms with Gasteiger partial charge in [0.15, 0.2) is 0 Å². The average Bonchev–Trinajstić information content (AvgIpc) is 3.19. The highest BCUT2D eigenvalue weighted by atomic mass is 16.1.